The quantitative estimate of drug-likeness (QED) is 0.572. The van der Waals surface area contributed by atoms with E-state index in [0.29, 0.717) is 23.7 Å². The van der Waals surface area contributed by atoms with E-state index in [1.54, 1.807) is 12.1 Å². The van der Waals surface area contributed by atoms with Gasteiger partial charge in [0.05, 0.1) is 4.90 Å². The zero-order valence-corrected chi connectivity index (χ0v) is 17.3. The van der Waals surface area contributed by atoms with Gasteiger partial charge in [-0.3, -0.25) is 0 Å². The van der Waals surface area contributed by atoms with E-state index >= 15 is 0 Å². The number of nitrogens with one attached hydrogen (secondary N) is 2. The van der Waals surface area contributed by atoms with Crippen LogP contribution in [0.3, 0.4) is 0 Å². The Labute approximate surface area is 168 Å². The highest BCUT2D eigenvalue weighted by Gasteiger charge is 2.16. The summed E-state index contributed by atoms with van der Waals surface area (Å²) < 4.78 is 32.6. The van der Waals surface area contributed by atoms with E-state index in [0.717, 1.165) is 4.88 Å². The first-order chi connectivity index (χ1) is 12.5. The van der Waals surface area contributed by atoms with Crippen molar-refractivity contribution in [2.45, 2.75) is 30.8 Å². The second kappa shape index (κ2) is 9.43. The molecule has 1 unspecified atom stereocenters. The molecule has 1 atom stereocenters. The largest absolute Gasteiger partial charge is 0.334 e. The van der Waals surface area contributed by atoms with Gasteiger partial charge in [-0.25, -0.2) is 13.1 Å². The molecule has 1 aromatic carbocycles. The van der Waals surface area contributed by atoms with Crippen molar-refractivity contribution in [1.82, 2.24) is 20.2 Å². The third-order valence-corrected chi connectivity index (χ3v) is 6.17. The van der Waals surface area contributed by atoms with E-state index in [1.807, 2.05) is 31.5 Å². The van der Waals surface area contributed by atoms with Crippen LogP contribution in [-0.2, 0) is 23.0 Å². The summed E-state index contributed by atoms with van der Waals surface area (Å²) in [6, 6.07) is 10.4. The maximum Gasteiger partial charge on any atom is 0.257 e. The summed E-state index contributed by atoms with van der Waals surface area (Å²) in [5, 5.41) is 8.98. The molecular weight excluding hydrogens is 408 g/mol. The van der Waals surface area contributed by atoms with E-state index < -0.39 is 10.0 Å². The van der Waals surface area contributed by atoms with Crippen molar-refractivity contribution >= 4 is 33.8 Å². The first-order valence-electron chi connectivity index (χ1n) is 8.10. The van der Waals surface area contributed by atoms with Gasteiger partial charge in [0.1, 0.15) is 0 Å². The number of benzene rings is 1. The highest BCUT2D eigenvalue weighted by molar-refractivity contribution is 7.89. The Morgan fingerprint density at radius 2 is 1.96 bits per heavy atom. The summed E-state index contributed by atoms with van der Waals surface area (Å²) in [5.41, 5.74) is 0.679. The number of halogens is 1. The lowest BCUT2D eigenvalue weighted by atomic mass is 10.2. The average Bonchev–Trinajstić information content (AvgIpc) is 3.32. The first kappa shape index (κ1) is 21.5. The van der Waals surface area contributed by atoms with E-state index in [2.05, 4.69) is 20.2 Å². The SMILES string of the molecule is CNC(C)Cc1noc(-c2ccc(S(=O)(=O)NCc3cccs3)cc2)n1.Cl. The third-order valence-electron chi connectivity index (χ3n) is 3.88. The zero-order valence-electron chi connectivity index (χ0n) is 14.9. The Balaban J connectivity index is 0.00000261. The monoisotopic (exact) mass is 428 g/mol. The molecular formula is C17H21ClN4O3S2. The van der Waals surface area contributed by atoms with Gasteiger partial charge in [0, 0.05) is 29.4 Å². The van der Waals surface area contributed by atoms with Crippen LogP contribution >= 0.6 is 23.7 Å². The first-order valence-corrected chi connectivity index (χ1v) is 10.5. The summed E-state index contributed by atoms with van der Waals surface area (Å²) in [6.45, 7) is 2.30. The van der Waals surface area contributed by atoms with Crippen LogP contribution in [0.4, 0.5) is 0 Å². The molecule has 0 amide bonds. The Hall–Kier alpha value is -1.78. The molecule has 0 spiro atoms. The van der Waals surface area contributed by atoms with Crippen LogP contribution in [0.15, 0.2) is 51.2 Å². The number of hydrogen-bond acceptors (Lipinski definition) is 7. The molecule has 0 saturated carbocycles. The zero-order chi connectivity index (χ0) is 18.6. The van der Waals surface area contributed by atoms with Crippen molar-refractivity contribution in [1.29, 1.82) is 0 Å². The fourth-order valence-electron chi connectivity index (χ4n) is 2.27. The number of hydrogen-bond donors (Lipinski definition) is 2. The standard InChI is InChI=1S/C17H20N4O3S2.ClH/c1-12(18-2)10-16-20-17(24-21-16)13-5-7-15(8-6-13)26(22,23)19-11-14-4-3-9-25-14;/h3-9,12,18-19H,10-11H2,1-2H3;1H. The van der Waals surface area contributed by atoms with E-state index in [9.17, 15) is 8.42 Å². The van der Waals surface area contributed by atoms with Crippen LogP contribution in [0.2, 0.25) is 0 Å². The van der Waals surface area contributed by atoms with Crippen molar-refractivity contribution in [2.24, 2.45) is 0 Å². The third kappa shape index (κ3) is 5.60. The minimum atomic E-state index is -3.57. The van der Waals surface area contributed by atoms with Crippen molar-refractivity contribution < 1.29 is 12.9 Å². The highest BCUT2D eigenvalue weighted by Crippen LogP contribution is 2.20. The van der Waals surface area contributed by atoms with Gasteiger partial charge in [-0.05, 0) is 49.7 Å². The van der Waals surface area contributed by atoms with Crippen molar-refractivity contribution in [2.75, 3.05) is 7.05 Å². The molecule has 0 saturated heterocycles. The summed E-state index contributed by atoms with van der Waals surface area (Å²) in [4.78, 5) is 5.50. The Bertz CT molecular complexity index is 941. The molecule has 10 heteroatoms. The Kier molecular flexibility index (Phi) is 7.51. The van der Waals surface area contributed by atoms with Gasteiger partial charge in [-0.1, -0.05) is 11.2 Å². The predicted octanol–water partition coefficient (Wildman–Crippen LogP) is 2.85. The van der Waals surface area contributed by atoms with Gasteiger partial charge < -0.3 is 9.84 Å². The number of rotatable bonds is 8. The van der Waals surface area contributed by atoms with E-state index in [4.69, 9.17) is 4.52 Å². The minimum Gasteiger partial charge on any atom is -0.334 e. The summed E-state index contributed by atoms with van der Waals surface area (Å²) in [5.74, 6) is 0.981. The van der Waals surface area contributed by atoms with Crippen LogP contribution in [0.1, 0.15) is 17.6 Å². The number of likely N-dealkylation sites (N-methyl/N-ethyl adjacent to an activating group) is 1. The van der Waals surface area contributed by atoms with Gasteiger partial charge in [-0.2, -0.15) is 4.98 Å². The molecule has 3 rings (SSSR count). The molecule has 7 nitrogen and oxygen atoms in total. The predicted molar refractivity (Wildman–Crippen MR) is 108 cm³/mol. The van der Waals surface area contributed by atoms with Crippen molar-refractivity contribution in [3.05, 3.63) is 52.5 Å². The normalized spacial score (nSPS) is 12.5. The number of nitrogens with zero attached hydrogens (tertiary/aromatic N) is 2. The lowest BCUT2D eigenvalue weighted by Gasteiger charge is -2.06. The number of aromatic nitrogens is 2. The minimum absolute atomic E-state index is 0. The number of thiophene rings is 1. The molecule has 0 bridgehead atoms. The van der Waals surface area contributed by atoms with Gasteiger partial charge in [0.2, 0.25) is 10.0 Å². The summed E-state index contributed by atoms with van der Waals surface area (Å²) in [7, 11) is -1.70. The molecule has 0 fully saturated rings. The molecule has 146 valence electrons. The lowest BCUT2D eigenvalue weighted by Crippen LogP contribution is -2.24. The lowest BCUT2D eigenvalue weighted by molar-refractivity contribution is 0.418. The second-order valence-electron chi connectivity index (χ2n) is 5.84. The number of sulfonamides is 1. The smallest absolute Gasteiger partial charge is 0.257 e. The summed E-state index contributed by atoms with van der Waals surface area (Å²) in [6.07, 6.45) is 0.652. The van der Waals surface area contributed by atoms with Crippen molar-refractivity contribution in [3.63, 3.8) is 0 Å². The van der Waals surface area contributed by atoms with Crippen LogP contribution in [0, 0.1) is 0 Å². The second-order valence-corrected chi connectivity index (χ2v) is 8.64. The van der Waals surface area contributed by atoms with Crippen LogP contribution in [-0.4, -0.2) is 31.6 Å². The molecule has 0 radical (unpaired) electrons. The fourth-order valence-corrected chi connectivity index (χ4v) is 4.01. The Morgan fingerprint density at radius 3 is 2.59 bits per heavy atom. The van der Waals surface area contributed by atoms with Gasteiger partial charge in [-0.15, -0.1) is 23.7 Å². The molecule has 0 aliphatic rings. The fraction of sp³-hybridized carbons (Fsp3) is 0.294. The molecule has 2 N–H and O–H groups in total. The maximum absolute atomic E-state index is 12.4. The molecule has 2 aromatic heterocycles. The molecule has 2 heterocycles. The van der Waals surface area contributed by atoms with Crippen molar-refractivity contribution in [3.8, 4) is 11.5 Å². The van der Waals surface area contributed by atoms with Crippen LogP contribution < -0.4 is 10.0 Å². The molecule has 27 heavy (non-hydrogen) atoms. The van der Waals surface area contributed by atoms with Crippen LogP contribution in [0.5, 0.6) is 0 Å². The van der Waals surface area contributed by atoms with E-state index in [-0.39, 0.29) is 29.9 Å². The van der Waals surface area contributed by atoms with Gasteiger partial charge in [0.25, 0.3) is 5.89 Å². The molecule has 3 aromatic rings. The highest BCUT2D eigenvalue weighted by atomic mass is 35.5. The average molecular weight is 429 g/mol. The van der Waals surface area contributed by atoms with Crippen LogP contribution in [0.25, 0.3) is 11.5 Å². The van der Waals surface area contributed by atoms with E-state index in [1.165, 1.54) is 23.5 Å². The van der Waals surface area contributed by atoms with Gasteiger partial charge in [0.15, 0.2) is 5.82 Å². The van der Waals surface area contributed by atoms with Gasteiger partial charge >= 0.3 is 0 Å². The Morgan fingerprint density at radius 1 is 1.22 bits per heavy atom. The molecule has 0 aliphatic heterocycles. The topological polar surface area (TPSA) is 97.1 Å². The maximum atomic E-state index is 12.4. The summed E-state index contributed by atoms with van der Waals surface area (Å²) >= 11 is 1.51. The molecule has 0 aliphatic carbocycles.